The van der Waals surface area contributed by atoms with E-state index in [0.29, 0.717) is 24.6 Å². The number of hydrogen-bond donors (Lipinski definition) is 1. The van der Waals surface area contributed by atoms with E-state index >= 15 is 0 Å². The summed E-state index contributed by atoms with van der Waals surface area (Å²) in [6, 6.07) is 8.21. The number of morpholine rings is 1. The summed E-state index contributed by atoms with van der Waals surface area (Å²) in [6.07, 6.45) is 2.75. The average Bonchev–Trinajstić information content (AvgIpc) is 2.66. The monoisotopic (exact) mass is 356 g/mol. The molecule has 1 aromatic carbocycles. The molecule has 1 N–H and O–H groups in total. The standard InChI is InChI=1S/C19H21FN4O2/c1-14-12-18(24-8-10-26-11-9-24)23-17(22-14)13-21-19(25)7-6-15-4-2-3-5-16(15)20/h2-7,12H,8-11,13H2,1H3,(H,21,25)/b7-6+. The molecule has 6 nitrogen and oxygen atoms in total. The highest BCUT2D eigenvalue weighted by molar-refractivity contribution is 5.91. The number of benzene rings is 1. The second-order valence-corrected chi connectivity index (χ2v) is 5.96. The Morgan fingerprint density at radius 2 is 2.08 bits per heavy atom. The number of anilines is 1. The number of aromatic nitrogens is 2. The highest BCUT2D eigenvalue weighted by Crippen LogP contribution is 2.14. The van der Waals surface area contributed by atoms with Gasteiger partial charge in [0.15, 0.2) is 0 Å². The summed E-state index contributed by atoms with van der Waals surface area (Å²) < 4.78 is 18.9. The Labute approximate surface area is 151 Å². The molecule has 1 fully saturated rings. The Morgan fingerprint density at radius 1 is 1.31 bits per heavy atom. The number of rotatable bonds is 5. The lowest BCUT2D eigenvalue weighted by molar-refractivity contribution is -0.116. The maximum atomic E-state index is 13.5. The minimum absolute atomic E-state index is 0.208. The highest BCUT2D eigenvalue weighted by atomic mass is 19.1. The molecule has 1 aliphatic rings. The molecular weight excluding hydrogens is 335 g/mol. The van der Waals surface area contributed by atoms with Gasteiger partial charge >= 0.3 is 0 Å². The van der Waals surface area contributed by atoms with Crippen LogP contribution in [-0.2, 0) is 16.1 Å². The van der Waals surface area contributed by atoms with Crippen LogP contribution < -0.4 is 10.2 Å². The van der Waals surface area contributed by atoms with Gasteiger partial charge in [0.05, 0.1) is 19.8 Å². The molecule has 0 bridgehead atoms. The molecule has 3 rings (SSSR count). The number of nitrogens with zero attached hydrogens (tertiary/aromatic N) is 3. The van der Waals surface area contributed by atoms with E-state index in [1.54, 1.807) is 18.2 Å². The van der Waals surface area contributed by atoms with E-state index in [1.165, 1.54) is 18.2 Å². The maximum absolute atomic E-state index is 13.5. The van der Waals surface area contributed by atoms with Gasteiger partial charge in [-0.15, -0.1) is 0 Å². The van der Waals surface area contributed by atoms with E-state index in [-0.39, 0.29) is 18.3 Å². The van der Waals surface area contributed by atoms with E-state index in [2.05, 4.69) is 20.2 Å². The lowest BCUT2D eigenvalue weighted by Crippen LogP contribution is -2.37. The van der Waals surface area contributed by atoms with E-state index in [9.17, 15) is 9.18 Å². The first-order chi connectivity index (χ1) is 12.6. The normalized spacial score (nSPS) is 14.6. The molecule has 0 unspecified atom stereocenters. The molecule has 0 radical (unpaired) electrons. The molecule has 136 valence electrons. The van der Waals surface area contributed by atoms with Gasteiger partial charge in [0, 0.05) is 36.5 Å². The predicted octanol–water partition coefficient (Wildman–Crippen LogP) is 2.09. The number of nitrogens with one attached hydrogen (secondary N) is 1. The third-order valence-corrected chi connectivity index (χ3v) is 3.96. The Bertz CT molecular complexity index is 804. The number of hydrogen-bond acceptors (Lipinski definition) is 5. The van der Waals surface area contributed by atoms with Crippen LogP contribution in [0.5, 0.6) is 0 Å². The molecule has 0 atom stereocenters. The zero-order valence-electron chi connectivity index (χ0n) is 14.6. The van der Waals surface area contributed by atoms with Crippen LogP contribution in [0.4, 0.5) is 10.2 Å². The first-order valence-electron chi connectivity index (χ1n) is 8.49. The molecule has 0 aliphatic carbocycles. The summed E-state index contributed by atoms with van der Waals surface area (Å²) in [4.78, 5) is 23.0. The fourth-order valence-corrected chi connectivity index (χ4v) is 2.65. The molecule has 1 saturated heterocycles. The smallest absolute Gasteiger partial charge is 0.244 e. The van der Waals surface area contributed by atoms with Crippen molar-refractivity contribution >= 4 is 17.8 Å². The van der Waals surface area contributed by atoms with E-state index < -0.39 is 0 Å². The van der Waals surface area contributed by atoms with Crippen LogP contribution in [0.2, 0.25) is 0 Å². The SMILES string of the molecule is Cc1cc(N2CCOCC2)nc(CNC(=O)/C=C/c2ccccc2F)n1. The van der Waals surface area contributed by atoms with Crippen molar-refractivity contribution < 1.29 is 13.9 Å². The van der Waals surface area contributed by atoms with Crippen molar-refractivity contribution in [1.82, 2.24) is 15.3 Å². The zero-order valence-corrected chi connectivity index (χ0v) is 14.6. The molecule has 2 heterocycles. The van der Waals surface area contributed by atoms with Gasteiger partial charge in [-0.1, -0.05) is 18.2 Å². The van der Waals surface area contributed by atoms with Crippen molar-refractivity contribution in [2.75, 3.05) is 31.2 Å². The first kappa shape index (κ1) is 18.0. The van der Waals surface area contributed by atoms with Crippen LogP contribution in [0, 0.1) is 12.7 Å². The predicted molar refractivity (Wildman–Crippen MR) is 97.1 cm³/mol. The molecule has 1 aliphatic heterocycles. The molecule has 1 aromatic heterocycles. The summed E-state index contributed by atoms with van der Waals surface area (Å²) in [5, 5.41) is 2.73. The van der Waals surface area contributed by atoms with Gasteiger partial charge in [0.25, 0.3) is 0 Å². The van der Waals surface area contributed by atoms with Gasteiger partial charge in [0.1, 0.15) is 17.5 Å². The van der Waals surface area contributed by atoms with Crippen LogP contribution in [0.3, 0.4) is 0 Å². The Morgan fingerprint density at radius 3 is 2.85 bits per heavy atom. The van der Waals surface area contributed by atoms with Gasteiger partial charge < -0.3 is 15.0 Å². The number of halogens is 1. The van der Waals surface area contributed by atoms with E-state index in [0.717, 1.165) is 24.6 Å². The topological polar surface area (TPSA) is 67.3 Å². The summed E-state index contributed by atoms with van der Waals surface area (Å²) >= 11 is 0. The maximum Gasteiger partial charge on any atom is 0.244 e. The van der Waals surface area contributed by atoms with E-state index in [4.69, 9.17) is 4.74 Å². The Balaban J connectivity index is 1.61. The number of aryl methyl sites for hydroxylation is 1. The quantitative estimate of drug-likeness (QED) is 0.831. The van der Waals surface area contributed by atoms with Crippen LogP contribution in [-0.4, -0.2) is 42.2 Å². The van der Waals surface area contributed by atoms with Gasteiger partial charge in [-0.3, -0.25) is 4.79 Å². The summed E-state index contributed by atoms with van der Waals surface area (Å²) in [5.41, 5.74) is 1.21. The van der Waals surface area contributed by atoms with Crippen LogP contribution in [0.25, 0.3) is 6.08 Å². The van der Waals surface area contributed by atoms with Gasteiger partial charge in [-0.2, -0.15) is 0 Å². The minimum Gasteiger partial charge on any atom is -0.378 e. The lowest BCUT2D eigenvalue weighted by Gasteiger charge is -2.28. The number of carbonyl (C=O) groups is 1. The van der Waals surface area contributed by atoms with Gasteiger partial charge in [-0.05, 0) is 19.1 Å². The molecule has 26 heavy (non-hydrogen) atoms. The average molecular weight is 356 g/mol. The molecule has 0 saturated carbocycles. The van der Waals surface area contributed by atoms with Crippen molar-refractivity contribution in [2.45, 2.75) is 13.5 Å². The van der Waals surface area contributed by atoms with Crippen molar-refractivity contribution in [3.8, 4) is 0 Å². The fourth-order valence-electron chi connectivity index (χ4n) is 2.65. The molecule has 1 amide bonds. The Kier molecular flexibility index (Phi) is 5.91. The number of ether oxygens (including phenoxy) is 1. The third kappa shape index (κ3) is 4.86. The number of amides is 1. The van der Waals surface area contributed by atoms with Crippen molar-refractivity contribution in [3.05, 3.63) is 59.3 Å². The Hall–Kier alpha value is -2.80. The summed E-state index contributed by atoms with van der Waals surface area (Å²) in [5.74, 6) is 0.686. The number of carbonyl (C=O) groups excluding carboxylic acids is 1. The molecular formula is C19H21FN4O2. The van der Waals surface area contributed by atoms with Crippen molar-refractivity contribution in [1.29, 1.82) is 0 Å². The van der Waals surface area contributed by atoms with Crippen molar-refractivity contribution in [3.63, 3.8) is 0 Å². The zero-order chi connectivity index (χ0) is 18.4. The third-order valence-electron chi connectivity index (χ3n) is 3.96. The first-order valence-corrected chi connectivity index (χ1v) is 8.49. The minimum atomic E-state index is -0.367. The van der Waals surface area contributed by atoms with Crippen LogP contribution in [0.15, 0.2) is 36.4 Å². The van der Waals surface area contributed by atoms with Gasteiger partial charge in [0.2, 0.25) is 5.91 Å². The summed E-state index contributed by atoms with van der Waals surface area (Å²) in [6.45, 7) is 5.03. The highest BCUT2D eigenvalue weighted by Gasteiger charge is 2.14. The molecule has 0 spiro atoms. The van der Waals surface area contributed by atoms with Crippen LogP contribution >= 0.6 is 0 Å². The second-order valence-electron chi connectivity index (χ2n) is 5.96. The van der Waals surface area contributed by atoms with Crippen LogP contribution in [0.1, 0.15) is 17.1 Å². The van der Waals surface area contributed by atoms with E-state index in [1.807, 2.05) is 13.0 Å². The molecule has 2 aromatic rings. The van der Waals surface area contributed by atoms with Crippen molar-refractivity contribution in [2.24, 2.45) is 0 Å². The fraction of sp³-hybridized carbons (Fsp3) is 0.316. The second kappa shape index (κ2) is 8.53. The van der Waals surface area contributed by atoms with Gasteiger partial charge in [-0.25, -0.2) is 14.4 Å². The largest absolute Gasteiger partial charge is 0.378 e. The lowest BCUT2D eigenvalue weighted by atomic mass is 10.2. The summed E-state index contributed by atoms with van der Waals surface area (Å²) in [7, 11) is 0. The molecule has 7 heteroatoms.